The van der Waals surface area contributed by atoms with Gasteiger partial charge in [-0.3, -0.25) is 4.99 Å². The molecule has 0 saturated heterocycles. The minimum Gasteiger partial charge on any atom is -0.271 e. The summed E-state index contributed by atoms with van der Waals surface area (Å²) in [5, 5.41) is 17.6. The molecule has 0 unspecified atom stereocenters. The molecule has 70 valence electrons. The van der Waals surface area contributed by atoms with E-state index < -0.39 is 5.41 Å². The lowest BCUT2D eigenvalue weighted by molar-refractivity contribution is 0.568. The summed E-state index contributed by atoms with van der Waals surface area (Å²) < 4.78 is 0. The fourth-order valence-corrected chi connectivity index (χ4v) is 0.693. The van der Waals surface area contributed by atoms with Crippen LogP contribution < -0.4 is 0 Å². The van der Waals surface area contributed by atoms with Gasteiger partial charge in [-0.1, -0.05) is 0 Å². The van der Waals surface area contributed by atoms with Crippen molar-refractivity contribution in [1.29, 1.82) is 10.5 Å². The highest BCUT2D eigenvalue weighted by Gasteiger charge is 2.26. The largest absolute Gasteiger partial charge is 0.271 e. The van der Waals surface area contributed by atoms with E-state index in [2.05, 4.69) is 11.1 Å². The van der Waals surface area contributed by atoms with Crippen LogP contribution in [0, 0.1) is 28.1 Å². The normalized spacial score (nSPS) is 13.3. The second-order valence-corrected chi connectivity index (χ2v) is 4.48. The minimum atomic E-state index is -0.790. The Morgan fingerprint density at radius 3 is 1.77 bits per heavy atom. The Balaban J connectivity index is 5.10. The van der Waals surface area contributed by atoms with E-state index in [4.69, 9.17) is 10.5 Å². The molecule has 13 heavy (non-hydrogen) atoms. The zero-order chi connectivity index (χ0) is 10.7. The fourth-order valence-electron chi connectivity index (χ4n) is 0.693. The van der Waals surface area contributed by atoms with Gasteiger partial charge in [-0.05, 0) is 34.6 Å². The summed E-state index contributed by atoms with van der Waals surface area (Å²) in [6.45, 7) is 9.09. The predicted molar refractivity (Wildman–Crippen MR) is 52.2 cm³/mol. The molecule has 0 aromatic carbocycles. The molecule has 0 aliphatic rings. The number of hydrogen-bond acceptors (Lipinski definition) is 3. The number of nitriles is 2. The summed E-state index contributed by atoms with van der Waals surface area (Å²) in [4.78, 5) is 4.20. The van der Waals surface area contributed by atoms with Gasteiger partial charge < -0.3 is 0 Å². The summed E-state index contributed by atoms with van der Waals surface area (Å²) in [5.41, 5.74) is -0.802. The van der Waals surface area contributed by atoms with Crippen molar-refractivity contribution in [3.05, 3.63) is 0 Å². The summed E-state index contributed by atoms with van der Waals surface area (Å²) in [7, 11) is 0. The van der Waals surface area contributed by atoms with Crippen molar-refractivity contribution in [3.8, 4) is 12.1 Å². The van der Waals surface area contributed by atoms with E-state index in [0.29, 0.717) is 5.71 Å². The molecule has 0 heterocycles. The van der Waals surface area contributed by atoms with Gasteiger partial charge in [-0.15, -0.1) is 0 Å². The third kappa shape index (κ3) is 3.71. The lowest BCUT2D eigenvalue weighted by Crippen LogP contribution is -2.25. The first-order valence-corrected chi connectivity index (χ1v) is 4.14. The van der Waals surface area contributed by atoms with E-state index in [1.165, 1.54) is 0 Å². The number of nitrogens with zero attached hydrogens (tertiary/aromatic N) is 3. The Labute approximate surface area is 79.7 Å². The maximum absolute atomic E-state index is 8.82. The first-order chi connectivity index (χ1) is 5.73. The van der Waals surface area contributed by atoms with Gasteiger partial charge in [0.2, 0.25) is 0 Å². The zero-order valence-electron chi connectivity index (χ0n) is 8.84. The van der Waals surface area contributed by atoms with E-state index in [-0.39, 0.29) is 5.54 Å². The number of rotatable bonds is 1. The summed E-state index contributed by atoms with van der Waals surface area (Å²) >= 11 is 0. The van der Waals surface area contributed by atoms with E-state index >= 15 is 0 Å². The number of aliphatic imine (C=N–C) groups is 1. The minimum absolute atomic E-state index is 0.294. The van der Waals surface area contributed by atoms with Crippen LogP contribution in [0.5, 0.6) is 0 Å². The zero-order valence-corrected chi connectivity index (χ0v) is 8.84. The average molecular weight is 177 g/mol. The fraction of sp³-hybridized carbons (Fsp3) is 0.700. The van der Waals surface area contributed by atoms with Gasteiger partial charge in [0.25, 0.3) is 0 Å². The molecule has 0 bridgehead atoms. The van der Waals surface area contributed by atoms with Crippen molar-refractivity contribution in [2.75, 3.05) is 0 Å². The maximum Gasteiger partial charge on any atom is 0.132 e. The molecule has 0 rings (SSSR count). The molecule has 0 aliphatic carbocycles. The maximum atomic E-state index is 8.82. The van der Waals surface area contributed by atoms with E-state index in [0.717, 1.165) is 0 Å². The summed E-state index contributed by atoms with van der Waals surface area (Å²) in [6.07, 6.45) is 0. The molecule has 0 aliphatic heterocycles. The van der Waals surface area contributed by atoms with E-state index in [9.17, 15) is 0 Å². The van der Waals surface area contributed by atoms with E-state index in [1.807, 2.05) is 26.8 Å². The average Bonchev–Trinajstić information content (AvgIpc) is 1.98. The third-order valence-corrected chi connectivity index (χ3v) is 1.42. The van der Waals surface area contributed by atoms with Crippen molar-refractivity contribution in [2.45, 2.75) is 40.2 Å². The first-order valence-electron chi connectivity index (χ1n) is 4.14. The molecule has 0 spiro atoms. The molecule has 0 saturated carbocycles. The van der Waals surface area contributed by atoms with Gasteiger partial charge in [0, 0.05) is 0 Å². The van der Waals surface area contributed by atoms with Gasteiger partial charge in [0.1, 0.15) is 17.2 Å². The number of hydrogen-bond donors (Lipinski definition) is 0. The predicted octanol–water partition coefficient (Wildman–Crippen LogP) is 2.30. The Kier molecular flexibility index (Phi) is 3.21. The molecule has 0 atom stereocenters. The molecule has 0 radical (unpaired) electrons. The standard InChI is InChI=1S/C10H15N3/c1-9(2,3)13-8(6-11)10(4,5)7-12/h1-5H3. The van der Waals surface area contributed by atoms with Crippen LogP contribution in [0.2, 0.25) is 0 Å². The van der Waals surface area contributed by atoms with Crippen LogP contribution in [0.25, 0.3) is 0 Å². The molecular weight excluding hydrogens is 162 g/mol. The van der Waals surface area contributed by atoms with Gasteiger partial charge in [0.15, 0.2) is 0 Å². The SMILES string of the molecule is CC(C)(C)N=C(C#N)C(C)(C)C#N. The van der Waals surface area contributed by atoms with Crippen molar-refractivity contribution >= 4 is 5.71 Å². The quantitative estimate of drug-likeness (QED) is 0.577. The molecule has 0 amide bonds. The van der Waals surface area contributed by atoms with Crippen LogP contribution in [0.3, 0.4) is 0 Å². The van der Waals surface area contributed by atoms with Gasteiger partial charge >= 0.3 is 0 Å². The van der Waals surface area contributed by atoms with Gasteiger partial charge in [-0.2, -0.15) is 10.5 Å². The highest BCUT2D eigenvalue weighted by Crippen LogP contribution is 2.19. The van der Waals surface area contributed by atoms with Crippen molar-refractivity contribution < 1.29 is 0 Å². The van der Waals surface area contributed by atoms with Crippen LogP contribution in [0.1, 0.15) is 34.6 Å². The van der Waals surface area contributed by atoms with Crippen LogP contribution in [0.4, 0.5) is 0 Å². The van der Waals surface area contributed by atoms with Crippen LogP contribution in [-0.2, 0) is 0 Å². The Hall–Kier alpha value is -1.35. The van der Waals surface area contributed by atoms with Crippen molar-refractivity contribution in [3.63, 3.8) is 0 Å². The van der Waals surface area contributed by atoms with Crippen LogP contribution in [-0.4, -0.2) is 11.3 Å². The van der Waals surface area contributed by atoms with Crippen molar-refractivity contribution in [2.24, 2.45) is 10.4 Å². The monoisotopic (exact) mass is 177 g/mol. The van der Waals surface area contributed by atoms with Gasteiger partial charge in [-0.25, -0.2) is 0 Å². The Morgan fingerprint density at radius 2 is 1.54 bits per heavy atom. The molecule has 0 fully saturated rings. The second kappa shape index (κ2) is 3.58. The molecule has 0 aromatic rings. The topological polar surface area (TPSA) is 59.9 Å². The Morgan fingerprint density at radius 1 is 1.08 bits per heavy atom. The summed E-state index contributed by atoms with van der Waals surface area (Å²) in [5.74, 6) is 0. The highest BCUT2D eigenvalue weighted by molar-refractivity contribution is 6.04. The van der Waals surface area contributed by atoms with Gasteiger partial charge in [0.05, 0.1) is 11.6 Å². The lowest BCUT2D eigenvalue weighted by Gasteiger charge is -2.18. The molecule has 3 nitrogen and oxygen atoms in total. The molecular formula is C10H15N3. The van der Waals surface area contributed by atoms with Crippen LogP contribution in [0.15, 0.2) is 4.99 Å². The van der Waals surface area contributed by atoms with E-state index in [1.54, 1.807) is 13.8 Å². The third-order valence-electron chi connectivity index (χ3n) is 1.42. The van der Waals surface area contributed by atoms with Crippen molar-refractivity contribution in [1.82, 2.24) is 0 Å². The Bertz CT molecular complexity index is 292. The molecule has 0 N–H and O–H groups in total. The molecule has 0 aromatic heterocycles. The second-order valence-electron chi connectivity index (χ2n) is 4.48. The summed E-state index contributed by atoms with van der Waals surface area (Å²) in [6, 6.07) is 4.04. The smallest absolute Gasteiger partial charge is 0.132 e. The first kappa shape index (κ1) is 11.6. The lowest BCUT2D eigenvalue weighted by atomic mass is 9.89. The highest BCUT2D eigenvalue weighted by atomic mass is 14.8. The van der Waals surface area contributed by atoms with Crippen LogP contribution >= 0.6 is 0 Å². The molecule has 3 heteroatoms.